The number of hydrogen-bond acceptors (Lipinski definition) is 8. The molecular formula is C32H27F2I2N7O5. The molecule has 4 aromatic heterocycles. The summed E-state index contributed by atoms with van der Waals surface area (Å²) in [7, 11) is 3.38. The van der Waals surface area contributed by atoms with E-state index in [1.165, 1.54) is 12.1 Å². The molecule has 12 nitrogen and oxygen atoms in total. The molecule has 0 radical (unpaired) electrons. The topological polar surface area (TPSA) is 156 Å². The Labute approximate surface area is 299 Å². The lowest BCUT2D eigenvalue weighted by atomic mass is 10.2. The molecule has 48 heavy (non-hydrogen) atoms. The standard InChI is InChI=1S/C17H16FIN4O3.C15H11FIN3O2/c1-23-14-4-5-20-9-11(14)15(16(23)17(25)22-26-7-6-24)21-13-3-2-10(19)8-12(13)18;1-20-12-4-5-18-7-9(12)13(14(20)15(21)22)19-11-3-2-8(17)6-10(11)16/h2-5,8-9,21,24H,6-7H2,1H3,(H,22,25);2-7,19H,1H3,(H,21,22). The fourth-order valence-corrected chi connectivity index (χ4v) is 5.91. The molecule has 0 saturated heterocycles. The fourth-order valence-electron chi connectivity index (χ4n) is 5.01. The van der Waals surface area contributed by atoms with E-state index in [1.807, 2.05) is 45.2 Å². The lowest BCUT2D eigenvalue weighted by molar-refractivity contribution is 0.0163. The summed E-state index contributed by atoms with van der Waals surface area (Å²) in [6.45, 7) is -0.260. The van der Waals surface area contributed by atoms with E-state index < -0.39 is 23.5 Å². The maximum atomic E-state index is 14.3. The number of carboxylic acid groups (broad SMARTS) is 1. The van der Waals surface area contributed by atoms with Crippen molar-refractivity contribution in [3.05, 3.63) is 103 Å². The van der Waals surface area contributed by atoms with Gasteiger partial charge in [-0.05, 0) is 93.7 Å². The molecule has 248 valence electrons. The fraction of sp³-hybridized carbons (Fsp3) is 0.125. The van der Waals surface area contributed by atoms with E-state index in [-0.39, 0.29) is 36.0 Å². The number of aliphatic hydroxyl groups is 1. The van der Waals surface area contributed by atoms with Crippen LogP contribution >= 0.6 is 45.2 Å². The number of aromatic carboxylic acids is 1. The Bertz CT molecular complexity index is 2160. The first-order valence-electron chi connectivity index (χ1n) is 14.1. The molecule has 4 heterocycles. The summed E-state index contributed by atoms with van der Waals surface area (Å²) in [6.07, 6.45) is 6.37. The van der Waals surface area contributed by atoms with E-state index in [0.717, 1.165) is 12.7 Å². The van der Waals surface area contributed by atoms with Gasteiger partial charge in [-0.15, -0.1) is 0 Å². The first-order chi connectivity index (χ1) is 23.0. The third-order valence-electron chi connectivity index (χ3n) is 7.16. The summed E-state index contributed by atoms with van der Waals surface area (Å²) in [4.78, 5) is 37.2. The van der Waals surface area contributed by atoms with Crippen LogP contribution in [0.2, 0.25) is 0 Å². The number of hydrogen-bond donors (Lipinski definition) is 5. The van der Waals surface area contributed by atoms with Gasteiger partial charge in [0.1, 0.15) is 17.3 Å². The number of pyridine rings is 2. The van der Waals surface area contributed by atoms with Gasteiger partial charge in [0.05, 0.1) is 47.0 Å². The number of nitrogens with one attached hydrogen (secondary N) is 3. The maximum absolute atomic E-state index is 14.3. The first-order valence-corrected chi connectivity index (χ1v) is 16.2. The number of rotatable bonds is 9. The van der Waals surface area contributed by atoms with Crippen molar-refractivity contribution in [2.75, 3.05) is 23.8 Å². The van der Waals surface area contributed by atoms with E-state index >= 15 is 0 Å². The zero-order valence-corrected chi connectivity index (χ0v) is 29.6. The zero-order chi connectivity index (χ0) is 34.5. The molecule has 5 N–H and O–H groups in total. The summed E-state index contributed by atoms with van der Waals surface area (Å²) >= 11 is 4.04. The average molecular weight is 881 g/mol. The highest BCUT2D eigenvalue weighted by atomic mass is 127. The molecule has 6 aromatic rings. The number of carbonyl (C=O) groups is 2. The number of benzene rings is 2. The summed E-state index contributed by atoms with van der Waals surface area (Å²) in [5.74, 6) is -2.48. The van der Waals surface area contributed by atoms with E-state index in [0.29, 0.717) is 27.7 Å². The number of nitrogens with zero attached hydrogens (tertiary/aromatic N) is 4. The Morgan fingerprint density at radius 2 is 1.29 bits per heavy atom. The largest absolute Gasteiger partial charge is 0.477 e. The second kappa shape index (κ2) is 15.2. The van der Waals surface area contributed by atoms with Crippen molar-refractivity contribution in [2.24, 2.45) is 14.1 Å². The van der Waals surface area contributed by atoms with Crippen LogP contribution < -0.4 is 16.1 Å². The van der Waals surface area contributed by atoms with E-state index in [1.54, 1.807) is 84.4 Å². The van der Waals surface area contributed by atoms with E-state index in [2.05, 4.69) is 26.1 Å². The Hall–Kier alpha value is -4.40. The van der Waals surface area contributed by atoms with Crippen molar-refractivity contribution < 1.29 is 33.4 Å². The Kier molecular flexibility index (Phi) is 11.1. The summed E-state index contributed by atoms with van der Waals surface area (Å²) in [5, 5.41) is 25.4. The van der Waals surface area contributed by atoms with Crippen LogP contribution in [-0.2, 0) is 18.9 Å². The van der Waals surface area contributed by atoms with Crippen molar-refractivity contribution >= 4 is 102 Å². The zero-order valence-electron chi connectivity index (χ0n) is 25.3. The normalized spacial score (nSPS) is 10.9. The number of aromatic nitrogens is 4. The summed E-state index contributed by atoms with van der Waals surface area (Å²) < 4.78 is 33.1. The monoisotopic (exact) mass is 881 g/mol. The van der Waals surface area contributed by atoms with Crippen LogP contribution in [-0.4, -0.2) is 54.4 Å². The van der Waals surface area contributed by atoms with Gasteiger partial charge in [0.15, 0.2) is 5.69 Å². The van der Waals surface area contributed by atoms with E-state index in [9.17, 15) is 23.5 Å². The second-order valence-corrected chi connectivity index (χ2v) is 12.6. The molecule has 1 amide bonds. The number of anilines is 4. The molecule has 0 saturated carbocycles. The predicted octanol–water partition coefficient (Wildman–Crippen LogP) is 6.47. The maximum Gasteiger partial charge on any atom is 0.354 e. The highest BCUT2D eigenvalue weighted by Gasteiger charge is 2.23. The SMILES string of the molecule is Cn1c(C(=O)NOCCO)c(Nc2ccc(I)cc2F)c2cnccc21.Cn1c(C(=O)O)c(Nc2ccc(I)cc2F)c2cnccc21. The van der Waals surface area contributed by atoms with Crippen LogP contribution in [0.15, 0.2) is 73.3 Å². The summed E-state index contributed by atoms with van der Waals surface area (Å²) in [5.41, 5.74) is 5.26. The van der Waals surface area contributed by atoms with Crippen molar-refractivity contribution in [3.8, 4) is 0 Å². The van der Waals surface area contributed by atoms with Gasteiger partial charge in [-0.3, -0.25) is 19.6 Å². The highest BCUT2D eigenvalue weighted by molar-refractivity contribution is 14.1. The molecular weight excluding hydrogens is 854 g/mol. The molecule has 0 aliphatic rings. The molecule has 0 atom stereocenters. The van der Waals surface area contributed by atoms with Gasteiger partial charge in [-0.25, -0.2) is 19.1 Å². The number of amides is 1. The van der Waals surface area contributed by atoms with Gasteiger partial charge in [0.2, 0.25) is 0 Å². The van der Waals surface area contributed by atoms with Crippen molar-refractivity contribution in [1.82, 2.24) is 24.6 Å². The Balaban J connectivity index is 0.000000190. The number of fused-ring (bicyclic) bond motifs is 2. The number of aryl methyl sites for hydroxylation is 2. The van der Waals surface area contributed by atoms with Crippen LogP contribution in [0, 0.1) is 18.8 Å². The van der Waals surface area contributed by atoms with Crippen LogP contribution in [0.4, 0.5) is 31.5 Å². The minimum Gasteiger partial charge on any atom is -0.477 e. The quantitative estimate of drug-likeness (QED) is 0.0625. The van der Waals surface area contributed by atoms with Crippen LogP contribution in [0.5, 0.6) is 0 Å². The van der Waals surface area contributed by atoms with Crippen LogP contribution in [0.1, 0.15) is 21.0 Å². The molecule has 0 spiro atoms. The molecule has 2 aromatic carbocycles. The average Bonchev–Trinajstić information content (AvgIpc) is 3.50. The van der Waals surface area contributed by atoms with Crippen molar-refractivity contribution in [3.63, 3.8) is 0 Å². The number of carboxylic acids is 1. The van der Waals surface area contributed by atoms with Gasteiger partial charge in [-0.2, -0.15) is 0 Å². The number of carbonyl (C=O) groups excluding carboxylic acids is 1. The lowest BCUT2D eigenvalue weighted by Crippen LogP contribution is -2.27. The van der Waals surface area contributed by atoms with Gasteiger partial charge >= 0.3 is 5.97 Å². The predicted molar refractivity (Wildman–Crippen MR) is 194 cm³/mol. The lowest BCUT2D eigenvalue weighted by Gasteiger charge is -2.11. The minimum absolute atomic E-state index is 0.0360. The second-order valence-electron chi connectivity index (χ2n) is 10.2. The third-order valence-corrected chi connectivity index (χ3v) is 8.50. The molecule has 0 aliphatic heterocycles. The number of aliphatic hydroxyl groups excluding tert-OH is 1. The van der Waals surface area contributed by atoms with Gasteiger partial charge in [-0.1, -0.05) is 0 Å². The number of halogens is 4. The minimum atomic E-state index is -1.09. The Morgan fingerprint density at radius 3 is 1.75 bits per heavy atom. The smallest absolute Gasteiger partial charge is 0.354 e. The highest BCUT2D eigenvalue weighted by Crippen LogP contribution is 2.34. The molecule has 6 rings (SSSR count). The number of hydroxylamine groups is 1. The molecule has 0 fully saturated rings. The van der Waals surface area contributed by atoms with Crippen molar-refractivity contribution in [1.29, 1.82) is 0 Å². The molecule has 0 unspecified atom stereocenters. The van der Waals surface area contributed by atoms with Gasteiger partial charge in [0, 0.05) is 56.8 Å². The third kappa shape index (κ3) is 7.35. The van der Waals surface area contributed by atoms with Crippen LogP contribution in [0.3, 0.4) is 0 Å². The van der Waals surface area contributed by atoms with Crippen molar-refractivity contribution in [2.45, 2.75) is 0 Å². The first kappa shape index (κ1) is 34.9. The van der Waals surface area contributed by atoms with E-state index in [4.69, 9.17) is 9.94 Å². The van der Waals surface area contributed by atoms with Gasteiger partial charge < -0.3 is 30.0 Å². The molecule has 16 heteroatoms. The molecule has 0 bridgehead atoms. The van der Waals surface area contributed by atoms with Gasteiger partial charge in [0.25, 0.3) is 5.91 Å². The molecule has 0 aliphatic carbocycles. The summed E-state index contributed by atoms with van der Waals surface area (Å²) in [6, 6.07) is 13.0. The Morgan fingerprint density at radius 1 is 0.812 bits per heavy atom. The van der Waals surface area contributed by atoms with Crippen LogP contribution in [0.25, 0.3) is 21.8 Å².